The molecule has 0 saturated heterocycles. The van der Waals surface area contributed by atoms with Crippen molar-refractivity contribution in [1.82, 2.24) is 4.98 Å². The van der Waals surface area contributed by atoms with Crippen molar-refractivity contribution in [3.05, 3.63) is 16.1 Å². The van der Waals surface area contributed by atoms with E-state index in [2.05, 4.69) is 4.98 Å². The molecule has 1 aromatic heterocycles. The average molecular weight is 223 g/mol. The normalized spacial score (nSPS) is 12.4. The molecule has 0 aliphatic rings. The summed E-state index contributed by atoms with van der Waals surface area (Å²) in [7, 11) is 0. The first-order chi connectivity index (χ1) is 6.38. The number of aromatic nitrogens is 1. The highest BCUT2D eigenvalue weighted by atomic mass is 32.1. The average Bonchev–Trinajstić information content (AvgIpc) is 2.47. The minimum Gasteiger partial charge on any atom is -0.249 e. The number of alkyl halides is 3. The molecule has 0 unspecified atom stereocenters. The van der Waals surface area contributed by atoms with E-state index in [-0.39, 0.29) is 6.42 Å². The lowest BCUT2D eigenvalue weighted by molar-refractivity contribution is -0.133. The van der Waals surface area contributed by atoms with Gasteiger partial charge in [0.15, 0.2) is 0 Å². The van der Waals surface area contributed by atoms with Crippen molar-refractivity contribution in [1.29, 1.82) is 0 Å². The van der Waals surface area contributed by atoms with Gasteiger partial charge in [-0.25, -0.2) is 4.98 Å². The van der Waals surface area contributed by atoms with Crippen LogP contribution >= 0.6 is 11.3 Å². The first-order valence-electron chi connectivity index (χ1n) is 4.40. The van der Waals surface area contributed by atoms with Gasteiger partial charge in [-0.05, 0) is 5.92 Å². The number of nitrogens with zero attached hydrogens (tertiary/aromatic N) is 1. The van der Waals surface area contributed by atoms with Gasteiger partial charge in [0.25, 0.3) is 0 Å². The fourth-order valence-electron chi connectivity index (χ4n) is 0.956. The van der Waals surface area contributed by atoms with Gasteiger partial charge in [-0.15, -0.1) is 11.3 Å². The molecule has 1 aromatic rings. The van der Waals surface area contributed by atoms with Gasteiger partial charge in [0.1, 0.15) is 0 Å². The Balaban J connectivity index is 2.52. The van der Waals surface area contributed by atoms with Crippen LogP contribution in [0.15, 0.2) is 6.20 Å². The Hall–Kier alpha value is -0.580. The number of hydrogen-bond acceptors (Lipinski definition) is 2. The Labute approximate surface area is 85.0 Å². The summed E-state index contributed by atoms with van der Waals surface area (Å²) in [6, 6.07) is 0. The molecule has 0 atom stereocenters. The van der Waals surface area contributed by atoms with E-state index in [9.17, 15) is 13.2 Å². The number of thiazole rings is 1. The number of halogens is 3. The molecule has 0 aliphatic heterocycles. The van der Waals surface area contributed by atoms with E-state index in [0.717, 1.165) is 4.88 Å². The Morgan fingerprint density at radius 1 is 1.43 bits per heavy atom. The van der Waals surface area contributed by atoms with E-state index in [1.54, 1.807) is 6.20 Å². The quantitative estimate of drug-likeness (QED) is 0.760. The third kappa shape index (κ3) is 3.65. The minimum absolute atomic E-state index is 0.000880. The van der Waals surface area contributed by atoms with Crippen LogP contribution < -0.4 is 0 Å². The first kappa shape index (κ1) is 11.5. The number of rotatable bonds is 3. The summed E-state index contributed by atoms with van der Waals surface area (Å²) in [5, 5.41) is 0.575. The standard InChI is InChI=1S/C9H12F3NS/c1-6(2)7-5-13-8(14-7)3-4-9(10,11)12/h5-6H,3-4H2,1-2H3. The van der Waals surface area contributed by atoms with Crippen LogP contribution in [0.2, 0.25) is 0 Å². The maximum Gasteiger partial charge on any atom is 0.389 e. The zero-order valence-corrected chi connectivity index (χ0v) is 8.87. The summed E-state index contributed by atoms with van der Waals surface area (Å²) < 4.78 is 35.7. The van der Waals surface area contributed by atoms with Crippen LogP contribution in [0.3, 0.4) is 0 Å². The zero-order chi connectivity index (χ0) is 10.8. The Bertz CT molecular complexity index is 290. The molecule has 0 aliphatic carbocycles. The predicted octanol–water partition coefficient (Wildman–Crippen LogP) is 3.76. The molecule has 0 saturated carbocycles. The molecule has 14 heavy (non-hydrogen) atoms. The van der Waals surface area contributed by atoms with Gasteiger partial charge in [0.05, 0.1) is 5.01 Å². The first-order valence-corrected chi connectivity index (χ1v) is 5.21. The highest BCUT2D eigenvalue weighted by Crippen LogP contribution is 2.26. The smallest absolute Gasteiger partial charge is 0.249 e. The van der Waals surface area contributed by atoms with E-state index in [1.807, 2.05) is 13.8 Å². The third-order valence-electron chi connectivity index (χ3n) is 1.76. The lowest BCUT2D eigenvalue weighted by Gasteiger charge is -2.03. The van der Waals surface area contributed by atoms with Crippen molar-refractivity contribution in [3.8, 4) is 0 Å². The van der Waals surface area contributed by atoms with Crippen molar-refractivity contribution in [2.24, 2.45) is 0 Å². The van der Waals surface area contributed by atoms with Crippen molar-refractivity contribution in [3.63, 3.8) is 0 Å². The second-order valence-corrected chi connectivity index (χ2v) is 4.57. The van der Waals surface area contributed by atoms with E-state index in [4.69, 9.17) is 0 Å². The van der Waals surface area contributed by atoms with E-state index < -0.39 is 12.6 Å². The molecule has 0 radical (unpaired) electrons. The van der Waals surface area contributed by atoms with Crippen LogP contribution in [-0.4, -0.2) is 11.2 Å². The fourth-order valence-corrected chi connectivity index (χ4v) is 1.88. The van der Waals surface area contributed by atoms with Crippen LogP contribution in [0.5, 0.6) is 0 Å². The maximum absolute atomic E-state index is 11.9. The summed E-state index contributed by atoms with van der Waals surface area (Å²) in [5.41, 5.74) is 0. The summed E-state index contributed by atoms with van der Waals surface area (Å²) in [5.74, 6) is 0.340. The van der Waals surface area contributed by atoms with E-state index >= 15 is 0 Å². The SMILES string of the molecule is CC(C)c1cnc(CCC(F)(F)F)s1. The third-order valence-corrected chi connectivity index (χ3v) is 3.12. The summed E-state index contributed by atoms with van der Waals surface area (Å²) >= 11 is 1.37. The van der Waals surface area contributed by atoms with Gasteiger partial charge >= 0.3 is 6.18 Å². The fraction of sp³-hybridized carbons (Fsp3) is 0.667. The molecule has 0 aromatic carbocycles. The van der Waals surface area contributed by atoms with Crippen molar-refractivity contribution < 1.29 is 13.2 Å². The van der Waals surface area contributed by atoms with Crippen LogP contribution in [0.4, 0.5) is 13.2 Å². The molecule has 1 heterocycles. The molecule has 0 amide bonds. The lowest BCUT2D eigenvalue weighted by atomic mass is 10.2. The molecule has 1 nitrogen and oxygen atoms in total. The molecule has 80 valence electrons. The van der Waals surface area contributed by atoms with Gasteiger partial charge in [-0.3, -0.25) is 0 Å². The molecular weight excluding hydrogens is 211 g/mol. The zero-order valence-electron chi connectivity index (χ0n) is 8.06. The Morgan fingerprint density at radius 2 is 2.07 bits per heavy atom. The van der Waals surface area contributed by atoms with Gasteiger partial charge in [0.2, 0.25) is 0 Å². The monoisotopic (exact) mass is 223 g/mol. The maximum atomic E-state index is 11.9. The van der Waals surface area contributed by atoms with Crippen LogP contribution in [0, 0.1) is 0 Å². The van der Waals surface area contributed by atoms with Crippen LogP contribution in [0.1, 0.15) is 36.1 Å². The van der Waals surface area contributed by atoms with E-state index in [1.165, 1.54) is 11.3 Å². The molecule has 5 heteroatoms. The summed E-state index contributed by atoms with van der Waals surface area (Å²) in [4.78, 5) is 5.00. The van der Waals surface area contributed by atoms with Gasteiger partial charge < -0.3 is 0 Å². The predicted molar refractivity (Wildman–Crippen MR) is 50.6 cm³/mol. The largest absolute Gasteiger partial charge is 0.389 e. The minimum atomic E-state index is -4.08. The molecule has 1 rings (SSSR count). The van der Waals surface area contributed by atoms with Crippen molar-refractivity contribution in [2.45, 2.75) is 38.8 Å². The highest BCUT2D eigenvalue weighted by molar-refractivity contribution is 7.11. The highest BCUT2D eigenvalue weighted by Gasteiger charge is 2.27. The van der Waals surface area contributed by atoms with Crippen molar-refractivity contribution >= 4 is 11.3 Å². The molecule has 0 spiro atoms. The topological polar surface area (TPSA) is 12.9 Å². The molecule has 0 N–H and O–H groups in total. The van der Waals surface area contributed by atoms with Gasteiger partial charge in [-0.2, -0.15) is 13.2 Å². The summed E-state index contributed by atoms with van der Waals surface area (Å²) in [6.07, 6.45) is -3.19. The van der Waals surface area contributed by atoms with Gasteiger partial charge in [0, 0.05) is 23.9 Å². The number of hydrogen-bond donors (Lipinski definition) is 0. The second kappa shape index (κ2) is 4.29. The Morgan fingerprint density at radius 3 is 2.50 bits per heavy atom. The van der Waals surface area contributed by atoms with Crippen molar-refractivity contribution in [2.75, 3.05) is 0 Å². The number of aryl methyl sites for hydroxylation is 1. The molecular formula is C9H12F3NS. The lowest BCUT2D eigenvalue weighted by Crippen LogP contribution is -2.08. The Kier molecular flexibility index (Phi) is 3.53. The summed E-state index contributed by atoms with van der Waals surface area (Å²) in [6.45, 7) is 4.00. The van der Waals surface area contributed by atoms with Crippen LogP contribution in [0.25, 0.3) is 0 Å². The van der Waals surface area contributed by atoms with E-state index in [0.29, 0.717) is 10.9 Å². The molecule has 0 bridgehead atoms. The molecule has 0 fully saturated rings. The van der Waals surface area contributed by atoms with Crippen LogP contribution in [-0.2, 0) is 6.42 Å². The van der Waals surface area contributed by atoms with Gasteiger partial charge in [-0.1, -0.05) is 13.8 Å². The second-order valence-electron chi connectivity index (χ2n) is 3.43.